The van der Waals surface area contributed by atoms with Crippen LogP contribution >= 0.6 is 0 Å². The van der Waals surface area contributed by atoms with E-state index in [2.05, 4.69) is 10.3 Å². The van der Waals surface area contributed by atoms with Gasteiger partial charge in [0, 0.05) is 41.7 Å². The third kappa shape index (κ3) is 4.17. The topological polar surface area (TPSA) is 77.5 Å². The lowest BCUT2D eigenvalue weighted by Gasteiger charge is -2.36. The van der Waals surface area contributed by atoms with Crippen LogP contribution < -0.4 is 10.1 Å². The van der Waals surface area contributed by atoms with Gasteiger partial charge in [0.1, 0.15) is 5.75 Å². The van der Waals surface area contributed by atoms with Crippen molar-refractivity contribution in [3.8, 4) is 5.75 Å². The maximum absolute atomic E-state index is 13.5. The first-order chi connectivity index (χ1) is 15.5. The van der Waals surface area contributed by atoms with Crippen molar-refractivity contribution in [1.29, 1.82) is 0 Å². The minimum absolute atomic E-state index is 0.0506. The average Bonchev–Trinajstić information content (AvgIpc) is 2.82. The number of rotatable bonds is 6. The zero-order chi connectivity index (χ0) is 22.7. The number of Topliss-reactive ketones (excluding diaryl/α,β-unsaturated/α-hetero) is 1. The summed E-state index contributed by atoms with van der Waals surface area (Å²) < 4.78 is 10.7. The van der Waals surface area contributed by atoms with E-state index in [1.165, 1.54) is 0 Å². The van der Waals surface area contributed by atoms with Crippen molar-refractivity contribution in [3.05, 3.63) is 82.5 Å². The van der Waals surface area contributed by atoms with Gasteiger partial charge in [-0.15, -0.1) is 0 Å². The Labute approximate surface area is 188 Å². The molecule has 2 heterocycles. The summed E-state index contributed by atoms with van der Waals surface area (Å²) in [6.45, 7) is 4.18. The van der Waals surface area contributed by atoms with Gasteiger partial charge in [0.2, 0.25) is 0 Å². The number of hydrogen-bond donors (Lipinski definition) is 1. The molecule has 1 aromatic heterocycles. The van der Waals surface area contributed by atoms with Crippen LogP contribution in [0, 0.1) is 0 Å². The van der Waals surface area contributed by atoms with E-state index in [1.807, 2.05) is 50.2 Å². The molecule has 1 aliphatic heterocycles. The number of methoxy groups -OCH3 is 1. The molecule has 2 atom stereocenters. The summed E-state index contributed by atoms with van der Waals surface area (Å²) in [5.41, 5.74) is 4.74. The SMILES string of the molecule is CCCOC(=O)C1=C(C)NC2=C(C(=O)C[C@H](c3ccc(OC)cc3)C2)[C@@H]1c1ccncc1. The first-order valence-corrected chi connectivity index (χ1v) is 11.0. The maximum atomic E-state index is 13.5. The number of ketones is 1. The molecule has 0 saturated carbocycles. The first kappa shape index (κ1) is 21.8. The Bertz CT molecular complexity index is 1070. The smallest absolute Gasteiger partial charge is 0.336 e. The zero-order valence-electron chi connectivity index (χ0n) is 18.7. The molecule has 1 N–H and O–H groups in total. The summed E-state index contributed by atoms with van der Waals surface area (Å²) in [6.07, 6.45) is 5.21. The van der Waals surface area contributed by atoms with E-state index in [0.717, 1.165) is 34.7 Å². The van der Waals surface area contributed by atoms with Gasteiger partial charge in [-0.05, 0) is 61.1 Å². The number of benzene rings is 1. The second kappa shape index (κ2) is 9.39. The normalized spacial score (nSPS) is 20.5. The van der Waals surface area contributed by atoms with Gasteiger partial charge in [0.25, 0.3) is 0 Å². The van der Waals surface area contributed by atoms with Crippen molar-refractivity contribution in [2.45, 2.75) is 44.9 Å². The summed E-state index contributed by atoms with van der Waals surface area (Å²) in [4.78, 5) is 30.6. The molecule has 2 aliphatic rings. The molecular formula is C26H28N2O4. The number of allylic oxidation sites excluding steroid dienone is 3. The summed E-state index contributed by atoms with van der Waals surface area (Å²) in [6, 6.07) is 11.6. The number of ether oxygens (including phenoxy) is 2. The number of nitrogens with zero attached hydrogens (tertiary/aromatic N) is 1. The second-order valence-electron chi connectivity index (χ2n) is 8.21. The summed E-state index contributed by atoms with van der Waals surface area (Å²) in [5.74, 6) is 0.0744. The Balaban J connectivity index is 1.73. The molecule has 4 rings (SSSR count). The Morgan fingerprint density at radius 3 is 2.47 bits per heavy atom. The van der Waals surface area contributed by atoms with Crippen LogP contribution in [0.3, 0.4) is 0 Å². The second-order valence-corrected chi connectivity index (χ2v) is 8.21. The van der Waals surface area contributed by atoms with E-state index in [1.54, 1.807) is 19.5 Å². The van der Waals surface area contributed by atoms with Crippen LogP contribution in [-0.2, 0) is 14.3 Å². The van der Waals surface area contributed by atoms with Gasteiger partial charge in [0.05, 0.1) is 19.3 Å². The highest BCUT2D eigenvalue weighted by molar-refractivity contribution is 6.04. The van der Waals surface area contributed by atoms with Crippen LogP contribution in [0.15, 0.2) is 71.3 Å². The number of pyridine rings is 1. The van der Waals surface area contributed by atoms with Crippen molar-refractivity contribution in [1.82, 2.24) is 10.3 Å². The average molecular weight is 433 g/mol. The molecule has 2 aromatic rings. The molecule has 1 aliphatic carbocycles. The molecule has 0 spiro atoms. The number of aromatic nitrogens is 1. The minimum Gasteiger partial charge on any atom is -0.497 e. The highest BCUT2D eigenvalue weighted by atomic mass is 16.5. The molecule has 0 amide bonds. The van der Waals surface area contributed by atoms with Crippen LogP contribution in [0.2, 0.25) is 0 Å². The third-order valence-electron chi connectivity index (χ3n) is 6.11. The van der Waals surface area contributed by atoms with Gasteiger partial charge >= 0.3 is 5.97 Å². The fraction of sp³-hybridized carbons (Fsp3) is 0.346. The van der Waals surface area contributed by atoms with Crippen molar-refractivity contribution >= 4 is 11.8 Å². The highest BCUT2D eigenvalue weighted by Crippen LogP contribution is 2.45. The molecule has 0 radical (unpaired) electrons. The molecule has 0 fully saturated rings. The number of dihydropyridines is 1. The summed E-state index contributed by atoms with van der Waals surface area (Å²) in [5, 5.41) is 3.38. The minimum atomic E-state index is -0.456. The molecule has 0 bridgehead atoms. The summed E-state index contributed by atoms with van der Waals surface area (Å²) >= 11 is 0. The molecule has 6 nitrogen and oxygen atoms in total. The zero-order valence-corrected chi connectivity index (χ0v) is 18.7. The van der Waals surface area contributed by atoms with Gasteiger partial charge in [-0.2, -0.15) is 0 Å². The molecular weight excluding hydrogens is 404 g/mol. The molecule has 0 unspecified atom stereocenters. The quantitative estimate of drug-likeness (QED) is 0.682. The van der Waals surface area contributed by atoms with Crippen molar-refractivity contribution in [2.24, 2.45) is 0 Å². The van der Waals surface area contributed by atoms with Gasteiger partial charge in [0.15, 0.2) is 5.78 Å². The van der Waals surface area contributed by atoms with Crippen molar-refractivity contribution in [3.63, 3.8) is 0 Å². The Morgan fingerprint density at radius 2 is 1.81 bits per heavy atom. The van der Waals surface area contributed by atoms with Crippen LogP contribution in [0.4, 0.5) is 0 Å². The van der Waals surface area contributed by atoms with Gasteiger partial charge in [-0.1, -0.05) is 19.1 Å². The van der Waals surface area contributed by atoms with Gasteiger partial charge in [-0.25, -0.2) is 4.79 Å². The lowest BCUT2D eigenvalue weighted by atomic mass is 9.72. The Morgan fingerprint density at radius 1 is 1.09 bits per heavy atom. The van der Waals surface area contributed by atoms with E-state index >= 15 is 0 Å². The van der Waals surface area contributed by atoms with Crippen LogP contribution in [-0.4, -0.2) is 30.5 Å². The van der Waals surface area contributed by atoms with Crippen LogP contribution in [0.25, 0.3) is 0 Å². The summed E-state index contributed by atoms with van der Waals surface area (Å²) in [7, 11) is 1.64. The van der Waals surface area contributed by atoms with E-state index in [0.29, 0.717) is 30.6 Å². The predicted molar refractivity (Wildman–Crippen MR) is 121 cm³/mol. The lowest BCUT2D eigenvalue weighted by Crippen LogP contribution is -2.36. The van der Waals surface area contributed by atoms with E-state index in [-0.39, 0.29) is 17.7 Å². The van der Waals surface area contributed by atoms with Crippen LogP contribution in [0.5, 0.6) is 5.75 Å². The monoisotopic (exact) mass is 432 g/mol. The van der Waals surface area contributed by atoms with Gasteiger partial charge < -0.3 is 14.8 Å². The molecule has 1 aromatic carbocycles. The molecule has 6 heteroatoms. The predicted octanol–water partition coefficient (Wildman–Crippen LogP) is 4.41. The number of carbonyl (C=O) groups excluding carboxylic acids is 2. The standard InChI is InChI=1S/C26H28N2O4/c1-4-13-32-26(30)23-16(2)28-21-14-19(17-5-7-20(31-3)8-6-17)15-22(29)25(21)24(23)18-9-11-27-12-10-18/h5-12,19,24,28H,4,13-15H2,1-3H3/t19-,24-/m1/s1. The van der Waals surface area contributed by atoms with Crippen molar-refractivity contribution < 1.29 is 19.1 Å². The Kier molecular flexibility index (Phi) is 6.40. The van der Waals surface area contributed by atoms with Crippen molar-refractivity contribution in [2.75, 3.05) is 13.7 Å². The first-order valence-electron chi connectivity index (χ1n) is 11.0. The van der Waals surface area contributed by atoms with E-state index in [4.69, 9.17) is 9.47 Å². The molecule has 166 valence electrons. The number of carbonyl (C=O) groups is 2. The number of hydrogen-bond acceptors (Lipinski definition) is 6. The fourth-order valence-corrected chi connectivity index (χ4v) is 4.58. The Hall–Kier alpha value is -3.41. The maximum Gasteiger partial charge on any atom is 0.336 e. The van der Waals surface area contributed by atoms with Crippen LogP contribution in [0.1, 0.15) is 56.1 Å². The van der Waals surface area contributed by atoms with E-state index < -0.39 is 5.92 Å². The van der Waals surface area contributed by atoms with Gasteiger partial charge in [-0.3, -0.25) is 9.78 Å². The molecule has 32 heavy (non-hydrogen) atoms. The highest BCUT2D eigenvalue weighted by Gasteiger charge is 2.41. The number of esters is 1. The largest absolute Gasteiger partial charge is 0.497 e. The third-order valence-corrected chi connectivity index (χ3v) is 6.11. The molecule has 0 saturated heterocycles. The number of nitrogens with one attached hydrogen (secondary N) is 1. The van der Waals surface area contributed by atoms with E-state index in [9.17, 15) is 9.59 Å². The fourth-order valence-electron chi connectivity index (χ4n) is 4.58. The lowest BCUT2D eigenvalue weighted by molar-refractivity contribution is -0.139.